The normalized spacial score (nSPS) is 9.44. The number of rotatable bonds is 1. The lowest BCUT2D eigenvalue weighted by Crippen LogP contribution is -1.90. The summed E-state index contributed by atoms with van der Waals surface area (Å²) < 4.78 is 4.64. The molecule has 0 unspecified atom stereocenters. The molecule has 0 spiro atoms. The number of hydrogen-bond donors (Lipinski definition) is 1. The maximum atomic E-state index is 10.4. The number of Topliss-reactive ketones (excluding diaryl/α,β-unsaturated/α-hetero) is 1. The van der Waals surface area contributed by atoms with E-state index in [2.05, 4.69) is 26.8 Å². The van der Waals surface area contributed by atoms with Gasteiger partial charge in [0, 0.05) is 6.92 Å². The van der Waals surface area contributed by atoms with Crippen molar-refractivity contribution >= 4 is 18.0 Å². The minimum Gasteiger partial charge on any atom is -0.406 e. The van der Waals surface area contributed by atoms with E-state index in [4.69, 9.17) is 0 Å². The minimum atomic E-state index is -0.234. The zero-order valence-corrected chi connectivity index (χ0v) is 5.49. The number of nitrogens with one attached hydrogen (secondary N) is 1. The SMILES string of the molecule is CC(=O)c1n[nH]c(=S)o1. The number of ketones is 1. The third-order valence-electron chi connectivity index (χ3n) is 0.739. The molecule has 5 heteroatoms. The molecule has 0 fully saturated rings. The zero-order chi connectivity index (χ0) is 6.85. The van der Waals surface area contributed by atoms with Gasteiger partial charge >= 0.3 is 0 Å². The van der Waals surface area contributed by atoms with Gasteiger partial charge in [-0.05, 0) is 12.2 Å². The highest BCUT2D eigenvalue weighted by Gasteiger charge is 2.02. The monoisotopic (exact) mass is 144 g/mol. The van der Waals surface area contributed by atoms with E-state index in [1.165, 1.54) is 6.92 Å². The topological polar surface area (TPSA) is 58.9 Å². The highest BCUT2D eigenvalue weighted by atomic mass is 32.1. The molecule has 0 bridgehead atoms. The Morgan fingerprint density at radius 2 is 2.56 bits per heavy atom. The number of carbonyl (C=O) groups excluding carboxylic acids is 1. The second-order valence-electron chi connectivity index (χ2n) is 1.47. The van der Waals surface area contributed by atoms with Crippen LogP contribution in [0, 0.1) is 4.84 Å². The van der Waals surface area contributed by atoms with Crippen LogP contribution in [0.3, 0.4) is 0 Å². The third-order valence-corrected chi connectivity index (χ3v) is 0.914. The summed E-state index contributed by atoms with van der Waals surface area (Å²) in [5, 5.41) is 5.80. The standard InChI is InChI=1S/C4H4N2O2S/c1-2(7)3-5-6-4(9)8-3/h1H3,(H,6,9). The number of carbonyl (C=O) groups is 1. The van der Waals surface area contributed by atoms with Gasteiger partial charge in [0.25, 0.3) is 10.7 Å². The molecule has 1 aromatic rings. The van der Waals surface area contributed by atoms with Crippen LogP contribution in [0.2, 0.25) is 0 Å². The van der Waals surface area contributed by atoms with Crippen molar-refractivity contribution in [1.29, 1.82) is 0 Å². The maximum Gasteiger partial charge on any atom is 0.284 e. The molecular formula is C4H4N2O2S. The van der Waals surface area contributed by atoms with E-state index in [0.29, 0.717) is 0 Å². The smallest absolute Gasteiger partial charge is 0.284 e. The average molecular weight is 144 g/mol. The first-order valence-electron chi connectivity index (χ1n) is 2.26. The highest BCUT2D eigenvalue weighted by molar-refractivity contribution is 7.71. The summed E-state index contributed by atoms with van der Waals surface area (Å²) in [4.78, 5) is 10.6. The second-order valence-corrected chi connectivity index (χ2v) is 1.85. The molecule has 0 saturated heterocycles. The summed E-state index contributed by atoms with van der Waals surface area (Å²) in [6, 6.07) is 0. The summed E-state index contributed by atoms with van der Waals surface area (Å²) >= 11 is 4.52. The quantitative estimate of drug-likeness (QED) is 0.470. The zero-order valence-electron chi connectivity index (χ0n) is 4.67. The molecule has 0 radical (unpaired) electrons. The van der Waals surface area contributed by atoms with Gasteiger partial charge in [0.2, 0.25) is 5.78 Å². The largest absolute Gasteiger partial charge is 0.406 e. The molecule has 0 amide bonds. The first kappa shape index (κ1) is 6.15. The molecule has 0 aliphatic carbocycles. The van der Waals surface area contributed by atoms with Crippen LogP contribution < -0.4 is 0 Å². The van der Waals surface area contributed by atoms with Crippen molar-refractivity contribution in [2.75, 3.05) is 0 Å². The van der Waals surface area contributed by atoms with E-state index >= 15 is 0 Å². The van der Waals surface area contributed by atoms with Gasteiger partial charge in [-0.2, -0.15) is 0 Å². The van der Waals surface area contributed by atoms with Crippen molar-refractivity contribution in [3.05, 3.63) is 10.7 Å². The second kappa shape index (κ2) is 2.10. The van der Waals surface area contributed by atoms with Gasteiger partial charge in [-0.1, -0.05) is 0 Å². The number of aromatic amines is 1. The van der Waals surface area contributed by atoms with E-state index < -0.39 is 0 Å². The van der Waals surface area contributed by atoms with Gasteiger partial charge in [-0.3, -0.25) is 4.79 Å². The van der Waals surface area contributed by atoms with Gasteiger partial charge < -0.3 is 4.42 Å². The van der Waals surface area contributed by atoms with Crippen molar-refractivity contribution < 1.29 is 9.21 Å². The molecule has 1 rings (SSSR count). The van der Waals surface area contributed by atoms with Crippen molar-refractivity contribution in [3.63, 3.8) is 0 Å². The average Bonchev–Trinajstić information content (AvgIpc) is 2.14. The van der Waals surface area contributed by atoms with E-state index in [1.807, 2.05) is 0 Å². The van der Waals surface area contributed by atoms with Crippen molar-refractivity contribution in [1.82, 2.24) is 10.2 Å². The number of hydrogen-bond acceptors (Lipinski definition) is 4. The Labute approximate surface area is 55.9 Å². The minimum absolute atomic E-state index is 0.0278. The lowest BCUT2D eigenvalue weighted by atomic mass is 10.5. The van der Waals surface area contributed by atoms with Crippen molar-refractivity contribution in [2.24, 2.45) is 0 Å². The Morgan fingerprint density at radius 3 is 2.78 bits per heavy atom. The van der Waals surface area contributed by atoms with Crippen LogP contribution in [0.25, 0.3) is 0 Å². The fourth-order valence-electron chi connectivity index (χ4n) is 0.380. The summed E-state index contributed by atoms with van der Waals surface area (Å²) in [6.07, 6.45) is 0. The maximum absolute atomic E-state index is 10.4. The summed E-state index contributed by atoms with van der Waals surface area (Å²) in [6.45, 7) is 1.36. The van der Waals surface area contributed by atoms with E-state index in [0.717, 1.165) is 0 Å². The summed E-state index contributed by atoms with van der Waals surface area (Å²) in [5.41, 5.74) is 0. The Hall–Kier alpha value is -0.970. The molecule has 4 nitrogen and oxygen atoms in total. The van der Waals surface area contributed by atoms with E-state index in [-0.39, 0.29) is 16.5 Å². The molecule has 0 atom stereocenters. The van der Waals surface area contributed by atoms with E-state index in [9.17, 15) is 4.79 Å². The lowest BCUT2D eigenvalue weighted by molar-refractivity contribution is 0.0980. The molecular weight excluding hydrogens is 140 g/mol. The van der Waals surface area contributed by atoms with Crippen LogP contribution in [0.4, 0.5) is 0 Å². The molecule has 0 saturated carbocycles. The first-order chi connectivity index (χ1) is 4.20. The molecule has 9 heavy (non-hydrogen) atoms. The third kappa shape index (κ3) is 1.23. The Morgan fingerprint density at radius 1 is 1.89 bits per heavy atom. The molecule has 1 aromatic heterocycles. The number of nitrogens with zero attached hydrogens (tertiary/aromatic N) is 1. The molecule has 1 heterocycles. The molecule has 0 aliphatic heterocycles. The van der Waals surface area contributed by atoms with Crippen molar-refractivity contribution in [2.45, 2.75) is 6.92 Å². The van der Waals surface area contributed by atoms with Gasteiger partial charge in [-0.15, -0.1) is 5.10 Å². The summed E-state index contributed by atoms with van der Waals surface area (Å²) in [7, 11) is 0. The van der Waals surface area contributed by atoms with Gasteiger partial charge in [-0.25, -0.2) is 5.10 Å². The fourth-order valence-corrected chi connectivity index (χ4v) is 0.505. The number of aromatic nitrogens is 2. The van der Waals surface area contributed by atoms with Gasteiger partial charge in [0.1, 0.15) is 0 Å². The van der Waals surface area contributed by atoms with E-state index in [1.54, 1.807) is 0 Å². The lowest BCUT2D eigenvalue weighted by Gasteiger charge is -1.76. The van der Waals surface area contributed by atoms with Crippen LogP contribution in [0.15, 0.2) is 4.42 Å². The predicted octanol–water partition coefficient (Wildman–Crippen LogP) is 0.935. The molecule has 1 N–H and O–H groups in total. The predicted molar refractivity (Wildman–Crippen MR) is 31.7 cm³/mol. The fraction of sp³-hybridized carbons (Fsp3) is 0.250. The Kier molecular flexibility index (Phi) is 1.44. The van der Waals surface area contributed by atoms with Gasteiger partial charge in [0.05, 0.1) is 0 Å². The number of H-pyrrole nitrogens is 1. The Bertz CT molecular complexity index is 274. The first-order valence-corrected chi connectivity index (χ1v) is 2.67. The van der Waals surface area contributed by atoms with Crippen LogP contribution in [0.5, 0.6) is 0 Å². The molecule has 0 aliphatic rings. The highest BCUT2D eigenvalue weighted by Crippen LogP contribution is 1.93. The van der Waals surface area contributed by atoms with Gasteiger partial charge in [0.15, 0.2) is 0 Å². The van der Waals surface area contributed by atoms with Crippen LogP contribution in [-0.2, 0) is 0 Å². The van der Waals surface area contributed by atoms with Crippen LogP contribution >= 0.6 is 12.2 Å². The molecule has 48 valence electrons. The van der Waals surface area contributed by atoms with Crippen LogP contribution in [0.1, 0.15) is 17.6 Å². The summed E-state index contributed by atoms with van der Waals surface area (Å²) in [5.74, 6) is -0.206. The van der Waals surface area contributed by atoms with Crippen molar-refractivity contribution in [3.8, 4) is 0 Å². The molecule has 0 aromatic carbocycles. The van der Waals surface area contributed by atoms with Crippen LogP contribution in [-0.4, -0.2) is 16.0 Å². The Balaban J connectivity index is 3.12.